The highest BCUT2D eigenvalue weighted by molar-refractivity contribution is 7.98. The molecule has 0 bridgehead atoms. The average molecular weight is 253 g/mol. The fraction of sp³-hybridized carbons (Fsp3) is 0.500. The first-order chi connectivity index (χ1) is 8.15. The third-order valence-corrected chi connectivity index (χ3v) is 3.16. The number of aromatic nitrogens is 1. The van der Waals surface area contributed by atoms with Crippen molar-refractivity contribution in [3.8, 4) is 0 Å². The van der Waals surface area contributed by atoms with Crippen LogP contribution in [-0.2, 0) is 4.79 Å². The summed E-state index contributed by atoms with van der Waals surface area (Å²) in [4.78, 5) is 15.8. The molecule has 0 fully saturated rings. The lowest BCUT2D eigenvalue weighted by molar-refractivity contribution is -0.123. The van der Waals surface area contributed by atoms with Crippen LogP contribution in [0.2, 0.25) is 0 Å². The zero-order valence-electron chi connectivity index (χ0n) is 10.2. The van der Waals surface area contributed by atoms with Crippen molar-refractivity contribution in [3.05, 3.63) is 30.1 Å². The molecule has 2 atom stereocenters. The maximum Gasteiger partial charge on any atom is 0.237 e. The summed E-state index contributed by atoms with van der Waals surface area (Å²) in [6.45, 7) is 1.93. The molecule has 1 heterocycles. The number of nitrogens with two attached hydrogens (primary N) is 1. The zero-order valence-corrected chi connectivity index (χ0v) is 11.0. The number of nitrogens with one attached hydrogen (secondary N) is 1. The van der Waals surface area contributed by atoms with Crippen LogP contribution in [0.15, 0.2) is 24.5 Å². The SMILES string of the molecule is CSCC[C@@H](N)C(=O)N[C@H](C)c1cccnc1. The van der Waals surface area contributed by atoms with Crippen LogP contribution in [0.1, 0.15) is 24.9 Å². The minimum absolute atomic E-state index is 0.0588. The van der Waals surface area contributed by atoms with Crippen LogP contribution in [0.5, 0.6) is 0 Å². The predicted molar refractivity (Wildman–Crippen MR) is 71.8 cm³/mol. The van der Waals surface area contributed by atoms with E-state index in [9.17, 15) is 4.79 Å². The number of carbonyl (C=O) groups excluding carboxylic acids is 1. The summed E-state index contributed by atoms with van der Waals surface area (Å²) < 4.78 is 0. The number of carbonyl (C=O) groups is 1. The number of pyridine rings is 1. The quantitative estimate of drug-likeness (QED) is 0.803. The van der Waals surface area contributed by atoms with Gasteiger partial charge in [-0.2, -0.15) is 11.8 Å². The van der Waals surface area contributed by atoms with Crippen molar-refractivity contribution in [1.29, 1.82) is 0 Å². The summed E-state index contributed by atoms with van der Waals surface area (Å²) in [6.07, 6.45) is 6.16. The van der Waals surface area contributed by atoms with Gasteiger partial charge in [-0.05, 0) is 37.0 Å². The van der Waals surface area contributed by atoms with Gasteiger partial charge in [0, 0.05) is 12.4 Å². The lowest BCUT2D eigenvalue weighted by atomic mass is 10.1. The van der Waals surface area contributed by atoms with Crippen molar-refractivity contribution >= 4 is 17.7 Å². The van der Waals surface area contributed by atoms with E-state index in [0.29, 0.717) is 6.42 Å². The molecular weight excluding hydrogens is 234 g/mol. The highest BCUT2D eigenvalue weighted by Gasteiger charge is 2.15. The molecule has 1 rings (SSSR count). The Kier molecular flexibility index (Phi) is 6.00. The van der Waals surface area contributed by atoms with Crippen LogP contribution in [0.3, 0.4) is 0 Å². The fourth-order valence-corrected chi connectivity index (χ4v) is 1.90. The Bertz CT molecular complexity index is 345. The van der Waals surface area contributed by atoms with Crippen molar-refractivity contribution in [1.82, 2.24) is 10.3 Å². The van der Waals surface area contributed by atoms with Gasteiger partial charge in [0.15, 0.2) is 0 Å². The van der Waals surface area contributed by atoms with E-state index < -0.39 is 6.04 Å². The van der Waals surface area contributed by atoms with Crippen LogP contribution in [0, 0.1) is 0 Å². The van der Waals surface area contributed by atoms with Gasteiger partial charge in [-0.15, -0.1) is 0 Å². The molecule has 0 aliphatic carbocycles. The third-order valence-electron chi connectivity index (χ3n) is 2.51. The molecule has 0 aliphatic rings. The smallest absolute Gasteiger partial charge is 0.237 e. The van der Waals surface area contributed by atoms with E-state index in [1.54, 1.807) is 24.2 Å². The molecule has 0 unspecified atom stereocenters. The van der Waals surface area contributed by atoms with Gasteiger partial charge < -0.3 is 11.1 Å². The first kappa shape index (κ1) is 14.0. The number of hydrogen-bond acceptors (Lipinski definition) is 4. The number of nitrogens with zero attached hydrogens (tertiary/aromatic N) is 1. The molecule has 0 spiro atoms. The van der Waals surface area contributed by atoms with E-state index in [1.165, 1.54) is 0 Å². The number of thioether (sulfide) groups is 1. The Morgan fingerprint density at radius 3 is 3.00 bits per heavy atom. The van der Waals surface area contributed by atoms with Crippen LogP contribution in [-0.4, -0.2) is 28.9 Å². The first-order valence-corrected chi connectivity index (χ1v) is 6.99. The molecule has 0 saturated carbocycles. The lowest BCUT2D eigenvalue weighted by Gasteiger charge is -2.17. The van der Waals surface area contributed by atoms with Crippen molar-refractivity contribution in [2.75, 3.05) is 12.0 Å². The van der Waals surface area contributed by atoms with Crippen LogP contribution in [0.25, 0.3) is 0 Å². The Morgan fingerprint density at radius 1 is 1.65 bits per heavy atom. The number of amides is 1. The molecule has 1 aromatic heterocycles. The Labute approximate surface area is 106 Å². The van der Waals surface area contributed by atoms with Crippen LogP contribution >= 0.6 is 11.8 Å². The van der Waals surface area contributed by atoms with Crippen molar-refractivity contribution < 1.29 is 4.79 Å². The second-order valence-electron chi connectivity index (χ2n) is 3.90. The first-order valence-electron chi connectivity index (χ1n) is 5.60. The molecular formula is C12H19N3OS. The maximum atomic E-state index is 11.8. The van der Waals surface area contributed by atoms with Crippen molar-refractivity contribution in [2.24, 2.45) is 5.73 Å². The third kappa shape index (κ3) is 4.75. The highest BCUT2D eigenvalue weighted by Crippen LogP contribution is 2.10. The van der Waals surface area contributed by atoms with Gasteiger partial charge in [0.05, 0.1) is 12.1 Å². The van der Waals surface area contributed by atoms with E-state index in [0.717, 1.165) is 11.3 Å². The number of rotatable bonds is 6. The summed E-state index contributed by atoms with van der Waals surface area (Å²) in [5.74, 6) is 0.797. The molecule has 1 amide bonds. The normalized spacial score (nSPS) is 14.1. The second-order valence-corrected chi connectivity index (χ2v) is 4.89. The van der Waals surface area contributed by atoms with Gasteiger partial charge in [-0.25, -0.2) is 0 Å². The summed E-state index contributed by atoms with van der Waals surface area (Å²) in [6, 6.07) is 3.30. The van der Waals surface area contributed by atoms with E-state index in [4.69, 9.17) is 5.73 Å². The monoisotopic (exact) mass is 253 g/mol. The summed E-state index contributed by atoms with van der Waals surface area (Å²) in [7, 11) is 0. The van der Waals surface area contributed by atoms with Gasteiger partial charge in [0.1, 0.15) is 0 Å². The summed E-state index contributed by atoms with van der Waals surface area (Å²) >= 11 is 1.69. The summed E-state index contributed by atoms with van der Waals surface area (Å²) in [5.41, 5.74) is 6.77. The van der Waals surface area contributed by atoms with Gasteiger partial charge in [-0.1, -0.05) is 6.07 Å². The molecule has 3 N–H and O–H groups in total. The maximum absolute atomic E-state index is 11.8. The number of hydrogen-bond donors (Lipinski definition) is 2. The van der Waals surface area contributed by atoms with E-state index in [1.807, 2.05) is 25.3 Å². The van der Waals surface area contributed by atoms with Gasteiger partial charge in [0.2, 0.25) is 5.91 Å². The minimum Gasteiger partial charge on any atom is -0.348 e. The molecule has 0 radical (unpaired) electrons. The van der Waals surface area contributed by atoms with Gasteiger partial charge in [-0.3, -0.25) is 9.78 Å². The molecule has 94 valence electrons. The van der Waals surface area contributed by atoms with E-state index in [2.05, 4.69) is 10.3 Å². The zero-order chi connectivity index (χ0) is 12.7. The Hall–Kier alpha value is -1.07. The molecule has 1 aromatic rings. The molecule has 0 aliphatic heterocycles. The standard InChI is InChI=1S/C12H19N3OS/c1-9(10-4-3-6-14-8-10)15-12(16)11(13)5-7-17-2/h3-4,6,8-9,11H,5,7,13H2,1-2H3,(H,15,16)/t9-,11-/m1/s1. The van der Waals surface area contributed by atoms with Gasteiger partial charge >= 0.3 is 0 Å². The summed E-state index contributed by atoms with van der Waals surface area (Å²) in [5, 5.41) is 2.89. The van der Waals surface area contributed by atoms with Crippen LogP contribution in [0.4, 0.5) is 0 Å². The average Bonchev–Trinajstić information content (AvgIpc) is 2.36. The van der Waals surface area contributed by atoms with Gasteiger partial charge in [0.25, 0.3) is 0 Å². The molecule has 17 heavy (non-hydrogen) atoms. The topological polar surface area (TPSA) is 68.0 Å². The highest BCUT2D eigenvalue weighted by atomic mass is 32.2. The largest absolute Gasteiger partial charge is 0.348 e. The lowest BCUT2D eigenvalue weighted by Crippen LogP contribution is -2.41. The van der Waals surface area contributed by atoms with Crippen LogP contribution < -0.4 is 11.1 Å². The Morgan fingerprint density at radius 2 is 2.41 bits per heavy atom. The van der Waals surface area contributed by atoms with E-state index >= 15 is 0 Å². The molecule has 4 nitrogen and oxygen atoms in total. The van der Waals surface area contributed by atoms with Crippen molar-refractivity contribution in [3.63, 3.8) is 0 Å². The van der Waals surface area contributed by atoms with E-state index in [-0.39, 0.29) is 11.9 Å². The molecule has 0 saturated heterocycles. The molecule has 5 heteroatoms. The second kappa shape index (κ2) is 7.29. The fourth-order valence-electron chi connectivity index (χ4n) is 1.41. The Balaban J connectivity index is 2.46. The minimum atomic E-state index is -0.429. The van der Waals surface area contributed by atoms with Crippen molar-refractivity contribution in [2.45, 2.75) is 25.4 Å². The predicted octanol–water partition coefficient (Wildman–Crippen LogP) is 1.34. The molecule has 0 aromatic carbocycles.